The Kier molecular flexibility index (Phi) is 4.74. The van der Waals surface area contributed by atoms with Crippen molar-refractivity contribution in [2.45, 2.75) is 13.8 Å². The van der Waals surface area contributed by atoms with Crippen LogP contribution >= 0.6 is 11.6 Å². The van der Waals surface area contributed by atoms with Crippen molar-refractivity contribution in [3.63, 3.8) is 0 Å². The Labute approximate surface area is 123 Å². The van der Waals surface area contributed by atoms with E-state index in [2.05, 4.69) is 15.0 Å². The predicted octanol–water partition coefficient (Wildman–Crippen LogP) is 3.05. The molecule has 0 aliphatic rings. The Morgan fingerprint density at radius 1 is 1.10 bits per heavy atom. The van der Waals surface area contributed by atoms with Gasteiger partial charge in [0, 0.05) is 13.1 Å². The first-order valence-electron chi connectivity index (χ1n) is 6.49. The first-order chi connectivity index (χ1) is 9.69. The number of anilines is 1. The molecule has 2 rings (SSSR count). The van der Waals surface area contributed by atoms with Crippen molar-refractivity contribution in [3.05, 3.63) is 29.5 Å². The van der Waals surface area contributed by atoms with Gasteiger partial charge in [0.25, 0.3) is 0 Å². The number of hydrogen-bond acceptors (Lipinski definition) is 5. The highest BCUT2D eigenvalue weighted by atomic mass is 35.5. The summed E-state index contributed by atoms with van der Waals surface area (Å²) >= 11 is 6.02. The molecule has 2 aromatic rings. The number of hydrogen-bond donors (Lipinski definition) is 0. The van der Waals surface area contributed by atoms with E-state index in [0.29, 0.717) is 17.5 Å². The summed E-state index contributed by atoms with van der Waals surface area (Å²) in [6.45, 7) is 5.71. The van der Waals surface area contributed by atoms with Crippen LogP contribution in [0.3, 0.4) is 0 Å². The van der Waals surface area contributed by atoms with Gasteiger partial charge in [-0.25, -0.2) is 0 Å². The summed E-state index contributed by atoms with van der Waals surface area (Å²) in [4.78, 5) is 14.9. The van der Waals surface area contributed by atoms with Crippen molar-refractivity contribution < 1.29 is 4.74 Å². The van der Waals surface area contributed by atoms with Crippen LogP contribution in [0, 0.1) is 0 Å². The molecular formula is C14H17ClN4O. The van der Waals surface area contributed by atoms with Gasteiger partial charge in [0.05, 0.1) is 12.7 Å². The predicted molar refractivity (Wildman–Crippen MR) is 80.4 cm³/mol. The van der Waals surface area contributed by atoms with Crippen LogP contribution in [0.15, 0.2) is 24.3 Å². The second-order valence-corrected chi connectivity index (χ2v) is 4.44. The fraction of sp³-hybridized carbons (Fsp3) is 0.357. The van der Waals surface area contributed by atoms with E-state index in [4.69, 9.17) is 16.3 Å². The lowest BCUT2D eigenvalue weighted by Gasteiger charge is -2.19. The lowest BCUT2D eigenvalue weighted by Crippen LogP contribution is -2.24. The van der Waals surface area contributed by atoms with Gasteiger partial charge < -0.3 is 9.64 Å². The third-order valence-electron chi connectivity index (χ3n) is 2.99. The van der Waals surface area contributed by atoms with Gasteiger partial charge >= 0.3 is 0 Å². The van der Waals surface area contributed by atoms with E-state index in [0.717, 1.165) is 18.7 Å². The maximum absolute atomic E-state index is 6.02. The standard InChI is InChI=1S/C14H17ClN4O/c1-4-19(5-2)14-17-12(16-13(15)18-14)10-8-6-7-9-11(10)20-3/h6-9H,4-5H2,1-3H3. The van der Waals surface area contributed by atoms with E-state index in [1.807, 2.05) is 43.0 Å². The van der Waals surface area contributed by atoms with Crippen molar-refractivity contribution >= 4 is 17.5 Å². The molecule has 5 nitrogen and oxygen atoms in total. The van der Waals surface area contributed by atoms with Gasteiger partial charge in [-0.3, -0.25) is 0 Å². The Hall–Kier alpha value is -1.88. The zero-order chi connectivity index (χ0) is 14.5. The van der Waals surface area contributed by atoms with Crippen LogP contribution in [0.25, 0.3) is 11.4 Å². The minimum Gasteiger partial charge on any atom is -0.496 e. The third kappa shape index (κ3) is 2.99. The van der Waals surface area contributed by atoms with Crippen LogP contribution in [-0.4, -0.2) is 35.2 Å². The number of para-hydroxylation sites is 1. The van der Waals surface area contributed by atoms with Crippen LogP contribution < -0.4 is 9.64 Å². The van der Waals surface area contributed by atoms with Crippen molar-refractivity contribution in [1.29, 1.82) is 0 Å². The minimum absolute atomic E-state index is 0.183. The number of aromatic nitrogens is 3. The SMILES string of the molecule is CCN(CC)c1nc(Cl)nc(-c2ccccc2OC)n1. The molecular weight excluding hydrogens is 276 g/mol. The molecule has 0 saturated carbocycles. The molecule has 106 valence electrons. The fourth-order valence-corrected chi connectivity index (χ4v) is 2.09. The lowest BCUT2D eigenvalue weighted by atomic mass is 10.2. The van der Waals surface area contributed by atoms with E-state index in [1.54, 1.807) is 7.11 Å². The zero-order valence-corrected chi connectivity index (χ0v) is 12.6. The molecule has 6 heteroatoms. The zero-order valence-electron chi connectivity index (χ0n) is 11.8. The van der Waals surface area contributed by atoms with Crippen LogP contribution in [0.4, 0.5) is 5.95 Å². The summed E-state index contributed by atoms with van der Waals surface area (Å²) in [6, 6.07) is 7.57. The molecule has 0 aliphatic heterocycles. The van der Waals surface area contributed by atoms with Gasteiger partial charge in [-0.1, -0.05) is 12.1 Å². The van der Waals surface area contributed by atoms with E-state index < -0.39 is 0 Å². The molecule has 20 heavy (non-hydrogen) atoms. The van der Waals surface area contributed by atoms with Gasteiger partial charge in [0.1, 0.15) is 5.75 Å². The second-order valence-electron chi connectivity index (χ2n) is 4.10. The molecule has 0 spiro atoms. The molecule has 0 amide bonds. The number of halogens is 1. The monoisotopic (exact) mass is 292 g/mol. The molecule has 0 N–H and O–H groups in total. The maximum Gasteiger partial charge on any atom is 0.230 e. The number of rotatable bonds is 5. The number of ether oxygens (including phenoxy) is 1. The van der Waals surface area contributed by atoms with E-state index in [-0.39, 0.29) is 5.28 Å². The Bertz CT molecular complexity index is 587. The van der Waals surface area contributed by atoms with Crippen molar-refractivity contribution in [2.24, 2.45) is 0 Å². The summed E-state index contributed by atoms with van der Waals surface area (Å²) in [7, 11) is 1.62. The maximum atomic E-state index is 6.02. The van der Waals surface area contributed by atoms with Crippen LogP contribution in [0.1, 0.15) is 13.8 Å². The van der Waals surface area contributed by atoms with Crippen LogP contribution in [0.2, 0.25) is 5.28 Å². The largest absolute Gasteiger partial charge is 0.496 e. The summed E-state index contributed by atoms with van der Waals surface area (Å²) in [5, 5.41) is 0.183. The quantitative estimate of drug-likeness (QED) is 0.848. The number of benzene rings is 1. The summed E-state index contributed by atoms with van der Waals surface area (Å²) in [5.74, 6) is 1.81. The van der Waals surface area contributed by atoms with E-state index >= 15 is 0 Å². The van der Waals surface area contributed by atoms with Crippen LogP contribution in [-0.2, 0) is 0 Å². The molecule has 0 radical (unpaired) electrons. The summed E-state index contributed by atoms with van der Waals surface area (Å²) < 4.78 is 5.34. The van der Waals surface area contributed by atoms with Gasteiger partial charge in [-0.15, -0.1) is 0 Å². The van der Waals surface area contributed by atoms with E-state index in [9.17, 15) is 0 Å². The van der Waals surface area contributed by atoms with Gasteiger partial charge in [-0.2, -0.15) is 15.0 Å². The first kappa shape index (κ1) is 14.5. The third-order valence-corrected chi connectivity index (χ3v) is 3.16. The second kappa shape index (κ2) is 6.52. The van der Waals surface area contributed by atoms with Crippen LogP contribution in [0.5, 0.6) is 5.75 Å². The van der Waals surface area contributed by atoms with Crippen molar-refractivity contribution in [3.8, 4) is 17.1 Å². The molecule has 1 heterocycles. The minimum atomic E-state index is 0.183. The van der Waals surface area contributed by atoms with Crippen molar-refractivity contribution in [2.75, 3.05) is 25.1 Å². The van der Waals surface area contributed by atoms with E-state index in [1.165, 1.54) is 0 Å². The lowest BCUT2D eigenvalue weighted by molar-refractivity contribution is 0.416. The molecule has 0 aliphatic carbocycles. The molecule has 0 bridgehead atoms. The molecule has 0 fully saturated rings. The van der Waals surface area contributed by atoms with Gasteiger partial charge in [0.2, 0.25) is 11.2 Å². The average Bonchev–Trinajstić information content (AvgIpc) is 2.48. The van der Waals surface area contributed by atoms with Gasteiger partial charge in [-0.05, 0) is 37.6 Å². The highest BCUT2D eigenvalue weighted by molar-refractivity contribution is 6.28. The number of nitrogens with zero attached hydrogens (tertiary/aromatic N) is 4. The molecule has 0 unspecified atom stereocenters. The molecule has 1 aromatic heterocycles. The Morgan fingerprint density at radius 2 is 1.80 bits per heavy atom. The average molecular weight is 293 g/mol. The normalized spacial score (nSPS) is 10.4. The Balaban J connectivity index is 2.52. The van der Waals surface area contributed by atoms with Crippen molar-refractivity contribution in [1.82, 2.24) is 15.0 Å². The highest BCUT2D eigenvalue weighted by Crippen LogP contribution is 2.28. The summed E-state index contributed by atoms with van der Waals surface area (Å²) in [6.07, 6.45) is 0. The molecule has 0 atom stereocenters. The first-order valence-corrected chi connectivity index (χ1v) is 6.87. The smallest absolute Gasteiger partial charge is 0.230 e. The number of methoxy groups -OCH3 is 1. The van der Waals surface area contributed by atoms with Gasteiger partial charge in [0.15, 0.2) is 5.82 Å². The topological polar surface area (TPSA) is 51.1 Å². The fourth-order valence-electron chi connectivity index (χ4n) is 1.94. The Morgan fingerprint density at radius 3 is 2.45 bits per heavy atom. The highest BCUT2D eigenvalue weighted by Gasteiger charge is 2.14. The molecule has 1 aromatic carbocycles. The molecule has 0 saturated heterocycles. The summed E-state index contributed by atoms with van der Waals surface area (Å²) in [5.41, 5.74) is 0.799.